The molecular weight excluding hydrogens is 763 g/mol. The molecular formula is C45H52Cl2SSiZr. The van der Waals surface area contributed by atoms with Crippen LogP contribution in [0.1, 0.15) is 74.3 Å². The fourth-order valence-electron chi connectivity index (χ4n) is 8.84. The molecule has 5 heteroatoms. The maximum atomic E-state index is 2.76. The number of benzene rings is 4. The summed E-state index contributed by atoms with van der Waals surface area (Å²) in [5, 5.41) is 0.436. The quantitative estimate of drug-likeness (QED) is 0.175. The number of thioether (sulfide) groups is 1. The SMILES string of the molecule is CC1=Cc2c(-c3ccccc3)cc(-c3ccccc3)cc2[CH]1[Zr]([CH3])([CH3])(=[SiH2])[C]1=C2SC(C)C(c3ccc(C(C)(C)C)cc3)=C2C=C1C(C)C.Cl.Cl. The standard InChI is InChI=1S/C22H17.C21H25S.2CH3.2ClH.H2Si.Zr/c1-16-12-20-14-19(17-8-4-2-5-9-17)15-22(21(20)13-16)18-10-6-3-7-11-18;1-13(2)16-11-18-19(12-16)22-14(3)20(18)15-7-9-17(10-8-15)21(4,5)6;;;;;;/h2-15H,1H3;7-11,13-14H,1-6H3;2*1H3;2*1H;1H2;. The molecule has 0 spiro atoms. The maximum absolute atomic E-state index is 3.83. The van der Waals surface area contributed by atoms with E-state index in [-0.39, 0.29) is 30.2 Å². The molecule has 4 aromatic carbocycles. The van der Waals surface area contributed by atoms with E-state index < -0.39 is 17.4 Å². The number of hydrogen-bond donors (Lipinski definition) is 0. The van der Waals surface area contributed by atoms with Crippen molar-refractivity contribution in [1.29, 1.82) is 0 Å². The molecule has 0 nitrogen and oxygen atoms in total. The van der Waals surface area contributed by atoms with Gasteiger partial charge in [-0.15, -0.1) is 24.8 Å². The van der Waals surface area contributed by atoms with Crippen molar-refractivity contribution in [3.05, 3.63) is 150 Å². The van der Waals surface area contributed by atoms with E-state index in [1.165, 1.54) is 50.1 Å². The second-order valence-corrected chi connectivity index (χ2v) is 47.4. The Bertz CT molecular complexity index is 2140. The summed E-state index contributed by atoms with van der Waals surface area (Å²) in [4.78, 5) is 1.59. The van der Waals surface area contributed by atoms with Crippen molar-refractivity contribution in [1.82, 2.24) is 0 Å². The van der Waals surface area contributed by atoms with Crippen molar-refractivity contribution in [2.75, 3.05) is 0 Å². The first-order chi connectivity index (χ1) is 22.6. The van der Waals surface area contributed by atoms with Crippen LogP contribution < -0.4 is 0 Å². The van der Waals surface area contributed by atoms with Crippen molar-refractivity contribution in [2.45, 2.75) is 72.0 Å². The van der Waals surface area contributed by atoms with Crippen LogP contribution >= 0.6 is 36.6 Å². The molecule has 2 aliphatic carbocycles. The summed E-state index contributed by atoms with van der Waals surface area (Å²) in [5.74, 6) is 0.476. The Morgan fingerprint density at radius 2 is 1.32 bits per heavy atom. The predicted molar refractivity (Wildman–Crippen MR) is 228 cm³/mol. The summed E-state index contributed by atoms with van der Waals surface area (Å²) in [6, 6.07) is 36.5. The van der Waals surface area contributed by atoms with E-state index in [0.29, 0.717) is 14.8 Å². The Morgan fingerprint density at radius 3 is 1.88 bits per heavy atom. The first-order valence-electron chi connectivity index (χ1n) is 17.7. The molecule has 50 heavy (non-hydrogen) atoms. The summed E-state index contributed by atoms with van der Waals surface area (Å²) in [6.45, 7) is 19.0. The van der Waals surface area contributed by atoms with Gasteiger partial charge in [-0.1, -0.05) is 0 Å². The number of rotatable bonds is 6. The fourth-order valence-corrected chi connectivity index (χ4v) is 31.7. The van der Waals surface area contributed by atoms with Gasteiger partial charge >= 0.3 is 298 Å². The molecule has 0 saturated heterocycles. The van der Waals surface area contributed by atoms with Crippen molar-refractivity contribution in [3.8, 4) is 22.3 Å². The number of hydrogen-bond acceptors (Lipinski definition) is 1. The summed E-state index contributed by atoms with van der Waals surface area (Å²) in [5.41, 5.74) is 17.4. The van der Waals surface area contributed by atoms with Gasteiger partial charge in [-0.05, 0) is 0 Å². The predicted octanol–water partition coefficient (Wildman–Crippen LogP) is 13.4. The van der Waals surface area contributed by atoms with Gasteiger partial charge in [0.1, 0.15) is 0 Å². The largest absolute Gasteiger partial charge is 0.147 e. The Morgan fingerprint density at radius 1 is 0.740 bits per heavy atom. The molecule has 4 aromatic rings. The number of halogens is 2. The molecule has 0 bridgehead atoms. The van der Waals surface area contributed by atoms with Crippen LogP contribution in [0.3, 0.4) is 0 Å². The van der Waals surface area contributed by atoms with Crippen LogP contribution in [0.5, 0.6) is 0 Å². The first kappa shape index (κ1) is 39.1. The van der Waals surface area contributed by atoms with Gasteiger partial charge in [0.25, 0.3) is 0 Å². The van der Waals surface area contributed by atoms with Crippen molar-refractivity contribution >= 4 is 55.1 Å². The molecule has 1 heterocycles. The van der Waals surface area contributed by atoms with E-state index in [0.717, 1.165) is 0 Å². The molecule has 3 aliphatic rings. The summed E-state index contributed by atoms with van der Waals surface area (Å²) >= 11 is -1.69. The zero-order valence-electron chi connectivity index (χ0n) is 31.1. The van der Waals surface area contributed by atoms with Crippen LogP contribution in [0.2, 0.25) is 9.26 Å². The van der Waals surface area contributed by atoms with Crippen LogP contribution in [0.25, 0.3) is 33.9 Å². The average molecular weight is 815 g/mol. The smallest absolute Gasteiger partial charge is 0.147 e. The van der Waals surface area contributed by atoms with Gasteiger partial charge in [0.05, 0.1) is 0 Å². The van der Waals surface area contributed by atoms with Crippen LogP contribution in [0.4, 0.5) is 0 Å². The zero-order valence-corrected chi connectivity index (χ0v) is 37.4. The molecule has 0 N–H and O–H groups in total. The third-order valence-corrected chi connectivity index (χ3v) is 29.0. The molecule has 0 radical (unpaired) electrons. The molecule has 0 amide bonds. The van der Waals surface area contributed by atoms with E-state index in [1.807, 2.05) is 0 Å². The molecule has 0 aromatic heterocycles. The zero-order chi connectivity index (χ0) is 34.2. The second-order valence-electron chi connectivity index (χ2n) is 16.8. The van der Waals surface area contributed by atoms with Crippen molar-refractivity contribution < 1.29 is 17.4 Å². The Kier molecular flexibility index (Phi) is 11.0. The van der Waals surface area contributed by atoms with Crippen LogP contribution in [-0.4, -0.2) is 12.1 Å². The van der Waals surface area contributed by atoms with Gasteiger partial charge in [0.2, 0.25) is 0 Å². The Labute approximate surface area is 320 Å². The summed E-state index contributed by atoms with van der Waals surface area (Å²) < 4.78 is 7.73. The monoisotopic (exact) mass is 812 g/mol. The molecule has 260 valence electrons. The maximum Gasteiger partial charge on any atom is -0.147 e. The van der Waals surface area contributed by atoms with Gasteiger partial charge in [0, 0.05) is 0 Å². The topological polar surface area (TPSA) is 0 Å². The summed E-state index contributed by atoms with van der Waals surface area (Å²) in [7, 11) is 0. The second kappa shape index (κ2) is 14.0. The van der Waals surface area contributed by atoms with Gasteiger partial charge in [-0.3, -0.25) is 0 Å². The van der Waals surface area contributed by atoms with Crippen LogP contribution in [0.15, 0.2) is 128 Å². The molecule has 0 saturated carbocycles. The molecule has 7 rings (SSSR count). The van der Waals surface area contributed by atoms with E-state index in [4.69, 9.17) is 0 Å². The Balaban J connectivity index is 0.00000243. The van der Waals surface area contributed by atoms with Gasteiger partial charge in [-0.2, -0.15) is 0 Å². The van der Waals surface area contributed by atoms with Crippen molar-refractivity contribution in [2.24, 2.45) is 5.92 Å². The minimum Gasteiger partial charge on any atom is -0.147 e. The summed E-state index contributed by atoms with van der Waals surface area (Å²) in [6.07, 6.45) is 5.17. The van der Waals surface area contributed by atoms with Crippen molar-refractivity contribution in [3.63, 3.8) is 0 Å². The van der Waals surface area contributed by atoms with Gasteiger partial charge in [-0.25, -0.2) is 0 Å². The van der Waals surface area contributed by atoms with E-state index >= 15 is 0 Å². The third kappa shape index (κ3) is 6.65. The van der Waals surface area contributed by atoms with Crippen LogP contribution in [0, 0.1) is 5.92 Å². The molecule has 0 fully saturated rings. The third-order valence-electron chi connectivity index (χ3n) is 11.0. The fraction of sp³-hybridized carbons (Fsp3) is 0.289. The Hall–Kier alpha value is -2.13. The molecule has 2 unspecified atom stereocenters. The van der Waals surface area contributed by atoms with E-state index in [1.54, 1.807) is 24.9 Å². The minimum atomic E-state index is -3.83. The average Bonchev–Trinajstić information content (AvgIpc) is 3.69. The minimum absolute atomic E-state index is 0. The van der Waals surface area contributed by atoms with Crippen LogP contribution in [-0.2, 0) is 22.8 Å². The van der Waals surface area contributed by atoms with Gasteiger partial charge in [0.15, 0.2) is 0 Å². The normalized spacial score (nSPS) is 18.8. The van der Waals surface area contributed by atoms with E-state index in [2.05, 4.69) is 186 Å². The molecule has 1 aliphatic heterocycles. The number of fused-ring (bicyclic) bond motifs is 2. The molecule has 2 atom stereocenters. The van der Waals surface area contributed by atoms with E-state index in [9.17, 15) is 0 Å². The number of allylic oxidation sites excluding steroid dienone is 5. The first-order valence-corrected chi connectivity index (χ1v) is 32.0. The van der Waals surface area contributed by atoms with Gasteiger partial charge < -0.3 is 0 Å².